The van der Waals surface area contributed by atoms with Gasteiger partial charge in [-0.25, -0.2) is 0 Å². The largest absolute Gasteiger partial charge is 0.143 e. The minimum atomic E-state index is 1.36. The van der Waals surface area contributed by atoms with Gasteiger partial charge in [-0.1, -0.05) is 12.1 Å². The Kier molecular flexibility index (Phi) is 3.32. The van der Waals surface area contributed by atoms with E-state index in [-0.39, 0.29) is 0 Å². The highest BCUT2D eigenvalue weighted by Crippen LogP contribution is 2.41. The van der Waals surface area contributed by atoms with Crippen LogP contribution < -0.4 is 0 Å². The lowest BCUT2D eigenvalue weighted by Crippen LogP contribution is -1.58. The Morgan fingerprint density at radius 1 is 0.450 bits per heavy atom. The highest BCUT2D eigenvalue weighted by molar-refractivity contribution is 7.28. The molecule has 0 aliphatic heterocycles. The van der Waals surface area contributed by atoms with E-state index in [2.05, 4.69) is 59.3 Å². The van der Waals surface area contributed by atoms with Crippen LogP contribution in [0.5, 0.6) is 0 Å². The van der Waals surface area contributed by atoms with Gasteiger partial charge in [0.2, 0.25) is 0 Å². The third kappa shape index (κ3) is 2.29. The lowest BCUT2D eigenvalue weighted by atomic mass is 10.3. The summed E-state index contributed by atoms with van der Waals surface area (Å²) in [5.74, 6) is 0. The number of hydrogen-bond donors (Lipinski definition) is 0. The summed E-state index contributed by atoms with van der Waals surface area (Å²) in [7, 11) is 0. The van der Waals surface area contributed by atoms with Crippen LogP contribution in [0.15, 0.2) is 59.3 Å². The summed E-state index contributed by atoms with van der Waals surface area (Å²) in [6.07, 6.45) is 0. The van der Waals surface area contributed by atoms with Crippen LogP contribution >= 0.6 is 45.3 Å². The van der Waals surface area contributed by atoms with Crippen molar-refractivity contribution in [1.29, 1.82) is 0 Å². The molecule has 0 aliphatic carbocycles. The van der Waals surface area contributed by atoms with Crippen molar-refractivity contribution < 1.29 is 0 Å². The fourth-order valence-electron chi connectivity index (χ4n) is 2.04. The lowest BCUT2D eigenvalue weighted by molar-refractivity contribution is 1.90. The molecule has 0 saturated carbocycles. The van der Waals surface area contributed by atoms with E-state index in [4.69, 9.17) is 0 Å². The van der Waals surface area contributed by atoms with Gasteiger partial charge >= 0.3 is 0 Å². The topological polar surface area (TPSA) is 0 Å². The lowest BCUT2D eigenvalue weighted by Gasteiger charge is -1.91. The second-order valence-electron chi connectivity index (χ2n) is 4.28. The van der Waals surface area contributed by atoms with E-state index < -0.39 is 0 Å². The molecule has 0 radical (unpaired) electrons. The van der Waals surface area contributed by atoms with Crippen molar-refractivity contribution in [1.82, 2.24) is 0 Å². The summed E-state index contributed by atoms with van der Waals surface area (Å²) in [6, 6.07) is 17.5. The maximum atomic E-state index is 2.24. The summed E-state index contributed by atoms with van der Waals surface area (Å²) < 4.78 is 0. The van der Waals surface area contributed by atoms with Crippen LogP contribution in [-0.4, -0.2) is 0 Å². The van der Waals surface area contributed by atoms with Crippen LogP contribution in [-0.2, 0) is 0 Å². The van der Waals surface area contributed by atoms with Gasteiger partial charge in [0.1, 0.15) is 0 Å². The van der Waals surface area contributed by atoms with Gasteiger partial charge in [-0.3, -0.25) is 0 Å². The molecule has 4 aromatic heterocycles. The first kappa shape index (κ1) is 12.5. The second-order valence-corrected chi connectivity index (χ2v) is 8.35. The van der Waals surface area contributed by atoms with E-state index in [0.29, 0.717) is 0 Å². The standard InChI is InChI=1S/C16H10S4/c1-3-11(17-9-1)13-5-7-15(19-13)16-8-6-14(20-16)12-4-2-10-18-12/h1-10H. The molecule has 0 saturated heterocycles. The molecule has 0 unspecified atom stereocenters. The van der Waals surface area contributed by atoms with Crippen molar-refractivity contribution in [3.63, 3.8) is 0 Å². The fraction of sp³-hybridized carbons (Fsp3) is 0. The Morgan fingerprint density at radius 3 is 1.20 bits per heavy atom. The Morgan fingerprint density at radius 2 is 0.850 bits per heavy atom. The van der Waals surface area contributed by atoms with Crippen molar-refractivity contribution in [2.24, 2.45) is 0 Å². The minimum Gasteiger partial charge on any atom is -0.143 e. The smallest absolute Gasteiger partial charge is 0.0449 e. The van der Waals surface area contributed by atoms with E-state index in [1.165, 1.54) is 29.3 Å². The number of hydrogen-bond acceptors (Lipinski definition) is 4. The molecule has 20 heavy (non-hydrogen) atoms. The van der Waals surface area contributed by atoms with Crippen LogP contribution in [0, 0.1) is 0 Å². The third-order valence-corrected chi connectivity index (χ3v) is 7.48. The minimum absolute atomic E-state index is 1.36. The van der Waals surface area contributed by atoms with Crippen molar-refractivity contribution in [3.8, 4) is 29.3 Å². The SMILES string of the molecule is c1csc(-c2ccc(-c3ccc(-c4cccs4)s3)s2)c1. The maximum Gasteiger partial charge on any atom is 0.0449 e. The van der Waals surface area contributed by atoms with Gasteiger partial charge in [-0.2, -0.15) is 0 Å². The molecule has 0 spiro atoms. The molecule has 0 bridgehead atoms. The molecule has 0 aliphatic rings. The zero-order valence-corrected chi connectivity index (χ0v) is 13.7. The second kappa shape index (κ2) is 5.30. The van der Waals surface area contributed by atoms with Crippen molar-refractivity contribution in [2.75, 3.05) is 0 Å². The summed E-state index contributed by atoms with van der Waals surface area (Å²) in [5.41, 5.74) is 0. The Bertz CT molecular complexity index is 730. The van der Waals surface area contributed by atoms with Gasteiger partial charge in [0.05, 0.1) is 0 Å². The monoisotopic (exact) mass is 330 g/mol. The molecule has 98 valence electrons. The molecule has 0 nitrogen and oxygen atoms in total. The van der Waals surface area contributed by atoms with Gasteiger partial charge < -0.3 is 0 Å². The van der Waals surface area contributed by atoms with Crippen LogP contribution in [0.25, 0.3) is 29.3 Å². The van der Waals surface area contributed by atoms with Gasteiger partial charge in [0.25, 0.3) is 0 Å². The van der Waals surface area contributed by atoms with Crippen molar-refractivity contribution in [3.05, 3.63) is 59.3 Å². The van der Waals surface area contributed by atoms with Crippen LogP contribution in [0.3, 0.4) is 0 Å². The van der Waals surface area contributed by atoms with E-state index in [1.54, 1.807) is 22.7 Å². The van der Waals surface area contributed by atoms with E-state index in [9.17, 15) is 0 Å². The van der Waals surface area contributed by atoms with Crippen molar-refractivity contribution >= 4 is 45.3 Å². The van der Waals surface area contributed by atoms with E-state index in [0.717, 1.165) is 0 Å². The summed E-state index contributed by atoms with van der Waals surface area (Å²) >= 11 is 7.36. The summed E-state index contributed by atoms with van der Waals surface area (Å²) in [4.78, 5) is 8.16. The molecular formula is C16H10S4. The zero-order chi connectivity index (χ0) is 13.4. The Balaban J connectivity index is 1.68. The average Bonchev–Trinajstić information content (AvgIpc) is 3.22. The number of rotatable bonds is 3. The average molecular weight is 331 g/mol. The fourth-order valence-corrected chi connectivity index (χ4v) is 5.81. The Labute approximate surface area is 133 Å². The molecular weight excluding hydrogens is 320 g/mol. The molecule has 4 heterocycles. The van der Waals surface area contributed by atoms with Gasteiger partial charge in [0.15, 0.2) is 0 Å². The van der Waals surface area contributed by atoms with Crippen LogP contribution in [0.2, 0.25) is 0 Å². The summed E-state index contributed by atoms with van der Waals surface area (Å²) in [5, 5.41) is 4.27. The first-order valence-corrected chi connectivity index (χ1v) is 9.57. The predicted octanol–water partition coefficient (Wildman–Crippen LogP) is 6.93. The van der Waals surface area contributed by atoms with Crippen LogP contribution in [0.4, 0.5) is 0 Å². The van der Waals surface area contributed by atoms with E-state index >= 15 is 0 Å². The Hall–Kier alpha value is -1.20. The first-order valence-electron chi connectivity index (χ1n) is 6.18. The zero-order valence-electron chi connectivity index (χ0n) is 10.4. The van der Waals surface area contributed by atoms with Gasteiger partial charge in [0, 0.05) is 29.3 Å². The van der Waals surface area contributed by atoms with E-state index in [1.807, 2.05) is 22.7 Å². The molecule has 4 aromatic rings. The number of thiophene rings is 4. The maximum absolute atomic E-state index is 2.24. The first-order chi connectivity index (χ1) is 9.90. The molecule has 0 amide bonds. The molecule has 4 heteroatoms. The van der Waals surface area contributed by atoms with Gasteiger partial charge in [-0.15, -0.1) is 45.3 Å². The molecule has 4 rings (SSSR count). The third-order valence-electron chi connectivity index (χ3n) is 2.98. The summed E-state index contributed by atoms with van der Waals surface area (Å²) in [6.45, 7) is 0. The molecule has 0 aromatic carbocycles. The normalized spacial score (nSPS) is 11.0. The quantitative estimate of drug-likeness (QED) is 0.382. The van der Waals surface area contributed by atoms with Crippen molar-refractivity contribution in [2.45, 2.75) is 0 Å². The molecule has 0 atom stereocenters. The highest BCUT2D eigenvalue weighted by atomic mass is 32.1. The van der Waals surface area contributed by atoms with Crippen LogP contribution in [0.1, 0.15) is 0 Å². The molecule has 0 fully saturated rings. The molecule has 0 N–H and O–H groups in total. The van der Waals surface area contributed by atoms with Gasteiger partial charge in [-0.05, 0) is 47.2 Å². The highest BCUT2D eigenvalue weighted by Gasteiger charge is 2.09. The predicted molar refractivity (Wildman–Crippen MR) is 94.3 cm³/mol.